The zero-order valence-corrected chi connectivity index (χ0v) is 36.5. The first-order valence-corrected chi connectivity index (χ1v) is 22.8. The highest BCUT2D eigenvalue weighted by molar-refractivity contribution is 5.97. The molecule has 0 saturated carbocycles. The summed E-state index contributed by atoms with van der Waals surface area (Å²) in [5.74, 6) is 0. The van der Waals surface area contributed by atoms with Gasteiger partial charge in [-0.25, -0.2) is 0 Å². The van der Waals surface area contributed by atoms with Crippen LogP contribution in [0.2, 0.25) is 0 Å². The van der Waals surface area contributed by atoms with Gasteiger partial charge in [0.05, 0.1) is 5.41 Å². The van der Waals surface area contributed by atoms with Crippen molar-refractivity contribution >= 4 is 17.1 Å². The third-order valence-electron chi connectivity index (χ3n) is 14.7. The molecule has 13 rings (SSSR count). The summed E-state index contributed by atoms with van der Waals surface area (Å²) in [7, 11) is 0. The van der Waals surface area contributed by atoms with Gasteiger partial charge < -0.3 is 4.90 Å². The Morgan fingerprint density at radius 2 is 0.585 bits per heavy atom. The quantitative estimate of drug-likeness (QED) is 0.161. The fourth-order valence-corrected chi connectivity index (χ4v) is 11.6. The molecular weight excluding hydrogens is 783 g/mol. The molecule has 0 heterocycles. The Bertz CT molecular complexity index is 3440. The summed E-state index contributed by atoms with van der Waals surface area (Å²) < 4.78 is 0. The normalized spacial score (nSPS) is 13.9. The second-order valence-electron chi connectivity index (χ2n) is 18.4. The monoisotopic (exact) mass is 827 g/mol. The van der Waals surface area contributed by atoms with Crippen LogP contribution in [-0.4, -0.2) is 0 Å². The molecule has 0 aliphatic heterocycles. The molecule has 10 aromatic carbocycles. The molecule has 0 N–H and O–H groups in total. The van der Waals surface area contributed by atoms with E-state index < -0.39 is 5.41 Å². The van der Waals surface area contributed by atoms with E-state index in [0.717, 1.165) is 17.1 Å². The van der Waals surface area contributed by atoms with E-state index in [9.17, 15) is 0 Å². The molecular formula is C64H45N. The minimum atomic E-state index is -0.442. The molecule has 10 aromatic rings. The van der Waals surface area contributed by atoms with Gasteiger partial charge in [-0.3, -0.25) is 0 Å². The van der Waals surface area contributed by atoms with Crippen LogP contribution in [0.1, 0.15) is 47.2 Å². The van der Waals surface area contributed by atoms with Gasteiger partial charge in [-0.2, -0.15) is 0 Å². The molecule has 3 aliphatic rings. The molecule has 0 fully saturated rings. The summed E-state index contributed by atoms with van der Waals surface area (Å²) in [5.41, 5.74) is 26.2. The minimum absolute atomic E-state index is 0.108. The smallest absolute Gasteiger partial charge is 0.0725 e. The van der Waals surface area contributed by atoms with Gasteiger partial charge in [-0.05, 0) is 149 Å². The minimum Gasteiger partial charge on any atom is -0.310 e. The molecule has 0 atom stereocenters. The van der Waals surface area contributed by atoms with E-state index in [-0.39, 0.29) is 5.41 Å². The van der Waals surface area contributed by atoms with Crippen molar-refractivity contribution in [1.82, 2.24) is 0 Å². The van der Waals surface area contributed by atoms with Gasteiger partial charge >= 0.3 is 0 Å². The lowest BCUT2D eigenvalue weighted by Gasteiger charge is -2.31. The fourth-order valence-electron chi connectivity index (χ4n) is 11.6. The summed E-state index contributed by atoms with van der Waals surface area (Å²) in [6, 6.07) is 88.2. The van der Waals surface area contributed by atoms with Crippen LogP contribution in [0.25, 0.3) is 66.8 Å². The van der Waals surface area contributed by atoms with E-state index in [1.165, 1.54) is 100 Å². The van der Waals surface area contributed by atoms with Gasteiger partial charge in [0.2, 0.25) is 0 Å². The molecule has 3 aliphatic carbocycles. The topological polar surface area (TPSA) is 3.24 Å². The Labute approximate surface area is 381 Å². The highest BCUT2D eigenvalue weighted by Gasteiger charge is 2.51. The first-order valence-electron chi connectivity index (χ1n) is 22.8. The maximum Gasteiger partial charge on any atom is 0.0725 e. The second-order valence-corrected chi connectivity index (χ2v) is 18.4. The maximum atomic E-state index is 2.49. The van der Waals surface area contributed by atoms with E-state index in [1.54, 1.807) is 0 Å². The van der Waals surface area contributed by atoms with Crippen molar-refractivity contribution in [2.75, 3.05) is 4.90 Å². The van der Waals surface area contributed by atoms with Crippen LogP contribution < -0.4 is 4.90 Å². The van der Waals surface area contributed by atoms with Crippen molar-refractivity contribution in [1.29, 1.82) is 0 Å². The largest absolute Gasteiger partial charge is 0.310 e. The van der Waals surface area contributed by atoms with Crippen LogP contribution in [0.15, 0.2) is 237 Å². The summed E-state index contributed by atoms with van der Waals surface area (Å²) >= 11 is 0. The van der Waals surface area contributed by atoms with Gasteiger partial charge in [0.25, 0.3) is 0 Å². The number of hydrogen-bond donors (Lipinski definition) is 0. The molecule has 306 valence electrons. The van der Waals surface area contributed by atoms with Gasteiger partial charge in [-0.1, -0.05) is 202 Å². The summed E-state index contributed by atoms with van der Waals surface area (Å²) in [6.07, 6.45) is 0. The molecule has 1 heteroatoms. The van der Waals surface area contributed by atoms with Crippen LogP contribution in [0.4, 0.5) is 17.1 Å². The van der Waals surface area contributed by atoms with Crippen LogP contribution in [0, 0.1) is 0 Å². The Morgan fingerprint density at radius 3 is 1.11 bits per heavy atom. The van der Waals surface area contributed by atoms with Crippen LogP contribution in [0.5, 0.6) is 0 Å². The van der Waals surface area contributed by atoms with Crippen molar-refractivity contribution < 1.29 is 0 Å². The number of fused-ring (bicyclic) bond motifs is 13. The van der Waals surface area contributed by atoms with Crippen LogP contribution >= 0.6 is 0 Å². The molecule has 1 nitrogen and oxygen atoms in total. The van der Waals surface area contributed by atoms with E-state index in [0.29, 0.717) is 0 Å². The first kappa shape index (κ1) is 37.5. The number of anilines is 3. The highest BCUT2D eigenvalue weighted by Crippen LogP contribution is 2.63. The maximum absolute atomic E-state index is 2.49. The Hall–Kier alpha value is -8.00. The Morgan fingerprint density at radius 1 is 0.246 bits per heavy atom. The van der Waals surface area contributed by atoms with E-state index in [4.69, 9.17) is 0 Å². The lowest BCUT2D eigenvalue weighted by atomic mass is 9.70. The van der Waals surface area contributed by atoms with Crippen molar-refractivity contribution in [2.45, 2.75) is 24.7 Å². The van der Waals surface area contributed by atoms with E-state index in [1.807, 2.05) is 0 Å². The molecule has 0 amide bonds. The summed E-state index contributed by atoms with van der Waals surface area (Å²) in [6.45, 7) is 4.72. The Kier molecular flexibility index (Phi) is 8.24. The van der Waals surface area contributed by atoms with Crippen molar-refractivity contribution in [3.63, 3.8) is 0 Å². The summed E-state index contributed by atoms with van der Waals surface area (Å²) in [5, 5.41) is 0. The third-order valence-corrected chi connectivity index (χ3v) is 14.7. The van der Waals surface area contributed by atoms with Crippen LogP contribution in [-0.2, 0) is 10.8 Å². The standard InChI is InChI=1S/C64H45N/c1-63(2)57-22-12-9-19-51(57)54-38-35-50(41-60(54)63)65(48-31-25-44(26-32-48)42-15-5-3-6-16-42)49-33-27-45(28-34-49)47-30-37-56-55-36-29-46(43-17-7-4-8-18-43)39-61(55)64(62(56)40-47)58-23-13-10-20-52(58)53-21-11-14-24-59(53)64/h3-41H,1-2H3. The predicted molar refractivity (Wildman–Crippen MR) is 271 cm³/mol. The molecule has 1 spiro atoms. The van der Waals surface area contributed by atoms with Crippen LogP contribution in [0.3, 0.4) is 0 Å². The second kappa shape index (κ2) is 14.3. The lowest BCUT2D eigenvalue weighted by Crippen LogP contribution is -2.26. The number of hydrogen-bond acceptors (Lipinski definition) is 1. The zero-order chi connectivity index (χ0) is 43.3. The average molecular weight is 828 g/mol. The zero-order valence-electron chi connectivity index (χ0n) is 36.5. The van der Waals surface area contributed by atoms with Crippen molar-refractivity contribution in [3.05, 3.63) is 270 Å². The molecule has 0 aromatic heterocycles. The number of benzene rings is 10. The van der Waals surface area contributed by atoms with Crippen molar-refractivity contribution in [2.24, 2.45) is 0 Å². The molecule has 65 heavy (non-hydrogen) atoms. The third kappa shape index (κ3) is 5.52. The van der Waals surface area contributed by atoms with Gasteiger partial charge in [0, 0.05) is 22.5 Å². The summed E-state index contributed by atoms with van der Waals surface area (Å²) in [4.78, 5) is 2.42. The lowest BCUT2D eigenvalue weighted by molar-refractivity contribution is 0.660. The first-order chi connectivity index (χ1) is 32.0. The molecule has 0 radical (unpaired) electrons. The average Bonchev–Trinajstić information content (AvgIpc) is 3.93. The highest BCUT2D eigenvalue weighted by atomic mass is 15.1. The molecule has 0 saturated heterocycles. The van der Waals surface area contributed by atoms with Gasteiger partial charge in [0.15, 0.2) is 0 Å². The fraction of sp³-hybridized carbons (Fsp3) is 0.0625. The van der Waals surface area contributed by atoms with E-state index in [2.05, 4.69) is 255 Å². The SMILES string of the molecule is CC1(C)c2ccccc2-c2ccc(N(c3ccc(-c4ccccc4)cc3)c3ccc(-c4ccc5c(c4)C4(c6ccccc6-c6ccccc64)c4cc(-c6ccccc6)ccc4-5)cc3)cc21. The number of nitrogens with zero attached hydrogens (tertiary/aromatic N) is 1. The predicted octanol–water partition coefficient (Wildman–Crippen LogP) is 16.8. The van der Waals surface area contributed by atoms with E-state index >= 15 is 0 Å². The molecule has 0 unspecified atom stereocenters. The molecule has 0 bridgehead atoms. The Balaban J connectivity index is 0.943. The van der Waals surface area contributed by atoms with Gasteiger partial charge in [-0.15, -0.1) is 0 Å². The van der Waals surface area contributed by atoms with Gasteiger partial charge in [0.1, 0.15) is 0 Å². The number of rotatable bonds is 6. The van der Waals surface area contributed by atoms with Crippen molar-refractivity contribution in [3.8, 4) is 66.8 Å².